The lowest BCUT2D eigenvalue weighted by Crippen LogP contribution is -2.21. The van der Waals surface area contributed by atoms with Crippen LogP contribution < -0.4 is 10.1 Å². The Balaban J connectivity index is 1.71. The Labute approximate surface area is 153 Å². The molecule has 0 spiro atoms. The quantitative estimate of drug-likeness (QED) is 0.627. The zero-order valence-electron chi connectivity index (χ0n) is 13.6. The predicted molar refractivity (Wildman–Crippen MR) is 102 cm³/mol. The van der Waals surface area contributed by atoms with Gasteiger partial charge in [-0.25, -0.2) is 0 Å². The highest BCUT2D eigenvalue weighted by Crippen LogP contribution is 2.33. The highest BCUT2D eigenvalue weighted by molar-refractivity contribution is 9.10. The van der Waals surface area contributed by atoms with Gasteiger partial charge < -0.3 is 10.1 Å². The summed E-state index contributed by atoms with van der Waals surface area (Å²) in [5.74, 6) is 0.163. The van der Waals surface area contributed by atoms with Gasteiger partial charge in [0.1, 0.15) is 5.75 Å². The minimum absolute atomic E-state index is 0.103. The lowest BCUT2D eigenvalue weighted by Gasteiger charge is -2.12. The summed E-state index contributed by atoms with van der Waals surface area (Å²) in [4.78, 5) is 23.8. The lowest BCUT2D eigenvalue weighted by molar-refractivity contribution is -0.118. The summed E-state index contributed by atoms with van der Waals surface area (Å²) in [6.45, 7) is 1.32. The topological polar surface area (TPSA) is 55.4 Å². The third-order valence-corrected chi connectivity index (χ3v) is 4.59. The van der Waals surface area contributed by atoms with Gasteiger partial charge in [-0.15, -0.1) is 0 Å². The lowest BCUT2D eigenvalue weighted by atomic mass is 10.1. The van der Waals surface area contributed by atoms with Crippen molar-refractivity contribution in [1.82, 2.24) is 0 Å². The van der Waals surface area contributed by atoms with E-state index in [0.29, 0.717) is 17.0 Å². The highest BCUT2D eigenvalue weighted by Gasteiger charge is 2.12. The number of para-hydroxylation sites is 1. The van der Waals surface area contributed by atoms with E-state index in [4.69, 9.17) is 4.74 Å². The number of rotatable bonds is 5. The van der Waals surface area contributed by atoms with Crippen LogP contribution in [0.15, 0.2) is 65.1 Å². The van der Waals surface area contributed by atoms with Crippen LogP contribution in [0, 0.1) is 0 Å². The van der Waals surface area contributed by atoms with E-state index in [9.17, 15) is 9.59 Å². The number of hydrogen-bond donors (Lipinski definition) is 1. The largest absolute Gasteiger partial charge is 0.483 e. The third-order valence-electron chi connectivity index (χ3n) is 3.77. The second-order valence-electron chi connectivity index (χ2n) is 5.54. The third kappa shape index (κ3) is 3.88. The van der Waals surface area contributed by atoms with Gasteiger partial charge in [-0.05, 0) is 51.8 Å². The zero-order valence-corrected chi connectivity index (χ0v) is 15.2. The van der Waals surface area contributed by atoms with Crippen molar-refractivity contribution in [2.24, 2.45) is 0 Å². The van der Waals surface area contributed by atoms with Gasteiger partial charge in [0.2, 0.25) is 0 Å². The van der Waals surface area contributed by atoms with E-state index in [1.807, 2.05) is 36.4 Å². The molecular weight excluding hydrogens is 382 g/mol. The number of amides is 1. The molecule has 0 saturated carbocycles. The number of ether oxygens (including phenoxy) is 1. The molecule has 0 aromatic heterocycles. The first-order valence-electron chi connectivity index (χ1n) is 7.76. The SMILES string of the molecule is CC(=O)c1ccccc1NC(=O)COc1ccc2ccccc2c1Br. The number of benzene rings is 3. The monoisotopic (exact) mass is 397 g/mol. The summed E-state index contributed by atoms with van der Waals surface area (Å²) in [7, 11) is 0. The summed E-state index contributed by atoms with van der Waals surface area (Å²) in [6, 6.07) is 18.6. The summed E-state index contributed by atoms with van der Waals surface area (Å²) >= 11 is 3.53. The van der Waals surface area contributed by atoms with Crippen molar-refractivity contribution in [2.45, 2.75) is 6.92 Å². The van der Waals surface area contributed by atoms with Crippen LogP contribution >= 0.6 is 15.9 Å². The molecule has 0 saturated heterocycles. The molecule has 0 aliphatic carbocycles. The van der Waals surface area contributed by atoms with Crippen LogP contribution in [0.4, 0.5) is 5.69 Å². The molecule has 0 unspecified atom stereocenters. The molecule has 3 rings (SSSR count). The van der Waals surface area contributed by atoms with Gasteiger partial charge in [0.25, 0.3) is 5.91 Å². The molecular formula is C20H16BrNO3. The van der Waals surface area contributed by atoms with Crippen LogP contribution in [0.3, 0.4) is 0 Å². The Morgan fingerprint density at radius 3 is 2.52 bits per heavy atom. The summed E-state index contributed by atoms with van der Waals surface area (Å²) in [6.07, 6.45) is 0. The highest BCUT2D eigenvalue weighted by atomic mass is 79.9. The van der Waals surface area contributed by atoms with Crippen LogP contribution in [0.2, 0.25) is 0 Å². The maximum atomic E-state index is 12.2. The number of carbonyl (C=O) groups is 2. The van der Waals surface area contributed by atoms with Gasteiger partial charge in [0, 0.05) is 5.56 Å². The maximum Gasteiger partial charge on any atom is 0.262 e. The first kappa shape index (κ1) is 17.2. The Hall–Kier alpha value is -2.66. The van der Waals surface area contributed by atoms with Crippen molar-refractivity contribution < 1.29 is 14.3 Å². The van der Waals surface area contributed by atoms with E-state index in [2.05, 4.69) is 21.2 Å². The van der Waals surface area contributed by atoms with Crippen molar-refractivity contribution in [3.8, 4) is 5.75 Å². The number of Topliss-reactive ketones (excluding diaryl/α,β-unsaturated/α-hetero) is 1. The molecule has 3 aromatic carbocycles. The first-order chi connectivity index (χ1) is 12.1. The number of ketones is 1. The van der Waals surface area contributed by atoms with Crippen molar-refractivity contribution in [2.75, 3.05) is 11.9 Å². The Morgan fingerprint density at radius 1 is 1.00 bits per heavy atom. The molecule has 0 aliphatic rings. The Bertz CT molecular complexity index is 953. The molecule has 0 fully saturated rings. The molecule has 0 atom stereocenters. The number of hydrogen-bond acceptors (Lipinski definition) is 3. The molecule has 1 N–H and O–H groups in total. The van der Waals surface area contributed by atoms with Crippen molar-refractivity contribution >= 4 is 44.1 Å². The van der Waals surface area contributed by atoms with Crippen molar-refractivity contribution in [3.63, 3.8) is 0 Å². The fourth-order valence-electron chi connectivity index (χ4n) is 2.55. The molecule has 126 valence electrons. The smallest absolute Gasteiger partial charge is 0.262 e. The predicted octanol–water partition coefficient (Wildman–Crippen LogP) is 4.82. The summed E-state index contributed by atoms with van der Waals surface area (Å²) in [5, 5.41) is 4.82. The van der Waals surface area contributed by atoms with Gasteiger partial charge in [0.15, 0.2) is 12.4 Å². The Morgan fingerprint density at radius 2 is 1.72 bits per heavy atom. The van der Waals surface area contributed by atoms with Crippen LogP contribution in [0.5, 0.6) is 5.75 Å². The molecule has 5 heteroatoms. The van der Waals surface area contributed by atoms with E-state index in [1.54, 1.807) is 24.3 Å². The van der Waals surface area contributed by atoms with Gasteiger partial charge >= 0.3 is 0 Å². The van der Waals surface area contributed by atoms with Crippen molar-refractivity contribution in [1.29, 1.82) is 0 Å². The number of fused-ring (bicyclic) bond motifs is 1. The average molecular weight is 398 g/mol. The molecule has 3 aromatic rings. The number of halogens is 1. The van der Waals surface area contributed by atoms with E-state index in [0.717, 1.165) is 15.2 Å². The van der Waals surface area contributed by atoms with Crippen LogP contribution in [-0.2, 0) is 4.79 Å². The molecule has 0 heterocycles. The molecule has 0 aliphatic heterocycles. The molecule has 1 amide bonds. The number of nitrogens with one attached hydrogen (secondary N) is 1. The normalized spacial score (nSPS) is 10.5. The second-order valence-corrected chi connectivity index (χ2v) is 6.33. The van der Waals surface area contributed by atoms with Gasteiger partial charge in [-0.3, -0.25) is 9.59 Å². The minimum Gasteiger partial charge on any atom is -0.483 e. The molecule has 4 nitrogen and oxygen atoms in total. The number of anilines is 1. The maximum absolute atomic E-state index is 12.2. The van der Waals surface area contributed by atoms with E-state index in [1.165, 1.54) is 6.92 Å². The van der Waals surface area contributed by atoms with Crippen LogP contribution in [0.25, 0.3) is 10.8 Å². The van der Waals surface area contributed by atoms with Gasteiger partial charge in [0.05, 0.1) is 10.2 Å². The van der Waals surface area contributed by atoms with Crippen molar-refractivity contribution in [3.05, 3.63) is 70.7 Å². The average Bonchev–Trinajstić information content (AvgIpc) is 2.61. The number of carbonyl (C=O) groups excluding carboxylic acids is 2. The van der Waals surface area contributed by atoms with Crippen LogP contribution in [-0.4, -0.2) is 18.3 Å². The molecule has 0 bridgehead atoms. The standard InChI is InChI=1S/C20H16BrNO3/c1-13(23)15-7-4-5-9-17(15)22-19(24)12-25-18-11-10-14-6-2-3-8-16(14)20(18)21/h2-11H,12H2,1H3,(H,22,24). The Kier molecular flexibility index (Phi) is 5.14. The van der Waals surface area contributed by atoms with Crippen LogP contribution in [0.1, 0.15) is 17.3 Å². The summed E-state index contributed by atoms with van der Waals surface area (Å²) in [5.41, 5.74) is 0.962. The van der Waals surface area contributed by atoms with Gasteiger partial charge in [-0.2, -0.15) is 0 Å². The zero-order chi connectivity index (χ0) is 17.8. The minimum atomic E-state index is -0.325. The fourth-order valence-corrected chi connectivity index (χ4v) is 3.16. The van der Waals surface area contributed by atoms with Gasteiger partial charge in [-0.1, -0.05) is 42.5 Å². The van der Waals surface area contributed by atoms with E-state index >= 15 is 0 Å². The first-order valence-corrected chi connectivity index (χ1v) is 8.55. The van der Waals surface area contributed by atoms with E-state index < -0.39 is 0 Å². The second kappa shape index (κ2) is 7.49. The fraction of sp³-hybridized carbons (Fsp3) is 0.100. The molecule has 0 radical (unpaired) electrons. The van der Waals surface area contributed by atoms with E-state index in [-0.39, 0.29) is 18.3 Å². The summed E-state index contributed by atoms with van der Waals surface area (Å²) < 4.78 is 6.44. The molecule has 25 heavy (non-hydrogen) atoms.